The largest absolute Gasteiger partial charge is 0.423 e. The fraction of sp³-hybridized carbons (Fsp3) is 0.100. The molecular weight excluding hydrogens is 319 g/mol. The van der Waals surface area contributed by atoms with Crippen LogP contribution < -0.4 is 15.3 Å². The Bertz CT molecular complexity index is 842. The molecule has 0 fully saturated rings. The van der Waals surface area contributed by atoms with E-state index in [1.807, 2.05) is 0 Å². The molecule has 1 aromatic heterocycles. The standard InChI is InChI=1S/C10H6F3NO6S/c11-10(12,13)7-4-9(15)19-8-3-5(1-2-6(7)8)20-14-21(16,17)18/h1-4,14H,(H,16,17,18). The van der Waals surface area contributed by atoms with Crippen molar-refractivity contribution in [3.05, 3.63) is 40.2 Å². The first-order valence-electron chi connectivity index (χ1n) is 5.12. The summed E-state index contributed by atoms with van der Waals surface area (Å²) < 4.78 is 72.1. The van der Waals surface area contributed by atoms with Crippen LogP contribution in [0.5, 0.6) is 5.75 Å². The second kappa shape index (κ2) is 5.02. The molecule has 11 heteroatoms. The molecule has 0 spiro atoms. The summed E-state index contributed by atoms with van der Waals surface area (Å²) in [7, 11) is -4.66. The molecule has 2 rings (SSSR count). The van der Waals surface area contributed by atoms with Gasteiger partial charge in [-0.25, -0.2) is 4.79 Å². The molecule has 7 nitrogen and oxygen atoms in total. The van der Waals surface area contributed by atoms with Crippen molar-refractivity contribution in [1.82, 2.24) is 4.89 Å². The van der Waals surface area contributed by atoms with Crippen LogP contribution in [-0.4, -0.2) is 13.0 Å². The molecule has 2 aromatic rings. The Labute approximate surface area is 114 Å². The van der Waals surface area contributed by atoms with Gasteiger partial charge in [-0.3, -0.25) is 4.55 Å². The third-order valence-corrected chi connectivity index (χ3v) is 2.58. The Kier molecular flexibility index (Phi) is 3.65. The van der Waals surface area contributed by atoms with E-state index in [0.717, 1.165) is 18.2 Å². The summed E-state index contributed by atoms with van der Waals surface area (Å²) in [5.41, 5.74) is -2.87. The Morgan fingerprint density at radius 2 is 1.90 bits per heavy atom. The lowest BCUT2D eigenvalue weighted by atomic mass is 10.1. The lowest BCUT2D eigenvalue weighted by Crippen LogP contribution is -2.26. The number of fused-ring (bicyclic) bond motifs is 1. The van der Waals surface area contributed by atoms with Gasteiger partial charge in [0.2, 0.25) is 0 Å². The summed E-state index contributed by atoms with van der Waals surface area (Å²) in [6.07, 6.45) is -4.76. The van der Waals surface area contributed by atoms with Crippen LogP contribution in [0.15, 0.2) is 33.5 Å². The van der Waals surface area contributed by atoms with E-state index in [2.05, 4.69) is 9.25 Å². The Hall–Kier alpha value is -2.11. The summed E-state index contributed by atoms with van der Waals surface area (Å²) in [6.45, 7) is 0. The average Bonchev–Trinajstić information content (AvgIpc) is 2.32. The molecule has 1 heterocycles. The molecule has 21 heavy (non-hydrogen) atoms. The summed E-state index contributed by atoms with van der Waals surface area (Å²) in [6, 6.07) is 3.10. The first-order valence-corrected chi connectivity index (χ1v) is 6.56. The van der Waals surface area contributed by atoms with Crippen LogP contribution in [0.4, 0.5) is 13.2 Å². The van der Waals surface area contributed by atoms with E-state index < -0.39 is 38.6 Å². The molecule has 1 aromatic carbocycles. The predicted octanol–water partition coefficient (Wildman–Crippen LogP) is 1.50. The number of nitrogens with one attached hydrogen (secondary N) is 1. The van der Waals surface area contributed by atoms with Crippen LogP contribution in [0, 0.1) is 0 Å². The molecule has 0 aliphatic rings. The third kappa shape index (κ3) is 3.71. The minimum Gasteiger partial charge on any atom is -0.423 e. The third-order valence-electron chi connectivity index (χ3n) is 2.29. The van der Waals surface area contributed by atoms with Gasteiger partial charge in [-0.1, -0.05) is 0 Å². The topological polar surface area (TPSA) is 106 Å². The fourth-order valence-electron chi connectivity index (χ4n) is 1.54. The first-order chi connectivity index (χ1) is 9.56. The van der Waals surface area contributed by atoms with Crippen LogP contribution in [-0.2, 0) is 16.5 Å². The zero-order valence-electron chi connectivity index (χ0n) is 9.84. The maximum absolute atomic E-state index is 12.8. The van der Waals surface area contributed by atoms with Gasteiger partial charge in [0.15, 0.2) is 5.75 Å². The molecular formula is C10H6F3NO6S. The van der Waals surface area contributed by atoms with Crippen molar-refractivity contribution in [2.24, 2.45) is 0 Å². The van der Waals surface area contributed by atoms with Crippen LogP contribution in [0.2, 0.25) is 0 Å². The molecule has 0 amide bonds. The highest BCUT2D eigenvalue weighted by atomic mass is 32.2. The molecule has 0 atom stereocenters. The Morgan fingerprint density at radius 1 is 1.24 bits per heavy atom. The summed E-state index contributed by atoms with van der Waals surface area (Å²) in [4.78, 5) is 16.8. The molecule has 114 valence electrons. The van der Waals surface area contributed by atoms with E-state index >= 15 is 0 Å². The molecule has 0 unspecified atom stereocenters. The zero-order chi connectivity index (χ0) is 15.8. The van der Waals surface area contributed by atoms with E-state index in [4.69, 9.17) is 4.55 Å². The maximum Gasteiger partial charge on any atom is 0.417 e. The van der Waals surface area contributed by atoms with E-state index in [-0.39, 0.29) is 5.75 Å². The maximum atomic E-state index is 12.8. The average molecular weight is 325 g/mol. The van der Waals surface area contributed by atoms with Gasteiger partial charge in [0.1, 0.15) is 5.58 Å². The van der Waals surface area contributed by atoms with Crippen molar-refractivity contribution in [1.29, 1.82) is 0 Å². The molecule has 0 radical (unpaired) electrons. The SMILES string of the molecule is O=c1cc(C(F)(F)F)c2ccc(ONS(=O)(=O)O)cc2o1. The Balaban J connectivity index is 2.52. The minimum atomic E-state index is -4.76. The number of benzene rings is 1. The minimum absolute atomic E-state index is 0.289. The summed E-state index contributed by atoms with van der Waals surface area (Å²) >= 11 is 0. The van der Waals surface area contributed by atoms with Gasteiger partial charge < -0.3 is 9.25 Å². The summed E-state index contributed by atoms with van der Waals surface area (Å²) in [5, 5.41) is -0.402. The Morgan fingerprint density at radius 3 is 2.48 bits per heavy atom. The van der Waals surface area contributed by atoms with Crippen LogP contribution >= 0.6 is 0 Å². The lowest BCUT2D eigenvalue weighted by Gasteiger charge is -2.10. The number of alkyl halides is 3. The van der Waals surface area contributed by atoms with Gasteiger partial charge in [0, 0.05) is 17.5 Å². The van der Waals surface area contributed by atoms with E-state index in [1.165, 1.54) is 4.89 Å². The predicted molar refractivity (Wildman–Crippen MR) is 62.8 cm³/mol. The van der Waals surface area contributed by atoms with Crippen molar-refractivity contribution in [3.8, 4) is 5.75 Å². The number of hydrogen-bond acceptors (Lipinski definition) is 5. The number of hydrogen-bond donors (Lipinski definition) is 2. The van der Waals surface area contributed by atoms with Crippen molar-refractivity contribution in [2.45, 2.75) is 6.18 Å². The van der Waals surface area contributed by atoms with Gasteiger partial charge in [0.25, 0.3) is 0 Å². The number of halogens is 3. The first kappa shape index (κ1) is 15.3. The molecule has 0 saturated heterocycles. The molecule has 0 saturated carbocycles. The van der Waals surface area contributed by atoms with Crippen LogP contribution in [0.3, 0.4) is 0 Å². The second-order valence-electron chi connectivity index (χ2n) is 3.80. The fourth-order valence-corrected chi connectivity index (χ4v) is 1.74. The van der Waals surface area contributed by atoms with Crippen molar-refractivity contribution in [3.63, 3.8) is 0 Å². The molecule has 0 aliphatic heterocycles. The normalized spacial score (nSPS) is 12.6. The highest BCUT2D eigenvalue weighted by Gasteiger charge is 2.33. The van der Waals surface area contributed by atoms with Crippen molar-refractivity contribution >= 4 is 21.3 Å². The van der Waals surface area contributed by atoms with Crippen molar-refractivity contribution < 1.29 is 35.4 Å². The van der Waals surface area contributed by atoms with Crippen molar-refractivity contribution in [2.75, 3.05) is 0 Å². The highest BCUT2D eigenvalue weighted by molar-refractivity contribution is 7.83. The summed E-state index contributed by atoms with van der Waals surface area (Å²) in [5.74, 6) is -0.289. The molecule has 2 N–H and O–H groups in total. The van der Waals surface area contributed by atoms with Gasteiger partial charge >= 0.3 is 22.1 Å². The molecule has 0 aliphatic carbocycles. The smallest absolute Gasteiger partial charge is 0.417 e. The van der Waals surface area contributed by atoms with E-state index in [9.17, 15) is 26.4 Å². The van der Waals surface area contributed by atoms with Crippen LogP contribution in [0.1, 0.15) is 5.56 Å². The van der Waals surface area contributed by atoms with E-state index in [0.29, 0.717) is 6.07 Å². The zero-order valence-corrected chi connectivity index (χ0v) is 10.7. The second-order valence-corrected chi connectivity index (χ2v) is 4.91. The number of rotatable bonds is 3. The van der Waals surface area contributed by atoms with Gasteiger partial charge in [-0.05, 0) is 17.0 Å². The monoisotopic (exact) mass is 325 g/mol. The molecule has 0 bridgehead atoms. The van der Waals surface area contributed by atoms with Gasteiger partial charge in [0.05, 0.1) is 5.56 Å². The quantitative estimate of drug-likeness (QED) is 0.503. The lowest BCUT2D eigenvalue weighted by molar-refractivity contribution is -0.136. The highest BCUT2D eigenvalue weighted by Crippen LogP contribution is 2.34. The van der Waals surface area contributed by atoms with Gasteiger partial charge in [-0.15, -0.1) is 0 Å². The van der Waals surface area contributed by atoms with Crippen LogP contribution in [0.25, 0.3) is 11.0 Å². The van der Waals surface area contributed by atoms with Gasteiger partial charge in [-0.2, -0.15) is 21.6 Å². The van der Waals surface area contributed by atoms with E-state index in [1.54, 1.807) is 0 Å².